The van der Waals surface area contributed by atoms with Gasteiger partial charge in [0.05, 0.1) is 11.4 Å². The van der Waals surface area contributed by atoms with Gasteiger partial charge in [-0.25, -0.2) is 12.7 Å². The first kappa shape index (κ1) is 23.0. The third-order valence-corrected chi connectivity index (χ3v) is 7.04. The second-order valence-corrected chi connectivity index (χ2v) is 9.15. The minimum atomic E-state index is -4.22. The number of nitrogens with zero attached hydrogens (tertiary/aromatic N) is 1. The number of aryl methyl sites for hydroxylation is 1. The van der Waals surface area contributed by atoms with E-state index in [1.807, 2.05) is 6.92 Å². The van der Waals surface area contributed by atoms with Crippen molar-refractivity contribution in [1.82, 2.24) is 9.62 Å². The SMILES string of the molecule is CCc1ccc(S(=O)(=O)N(C(=O)CCC(C)C(N)=O)[C@H]2CCCNCC2=O)cc1. The van der Waals surface area contributed by atoms with E-state index in [1.54, 1.807) is 19.1 Å². The van der Waals surface area contributed by atoms with Gasteiger partial charge in [0.25, 0.3) is 10.0 Å². The Morgan fingerprint density at radius 1 is 1.28 bits per heavy atom. The lowest BCUT2D eigenvalue weighted by atomic mass is 10.0. The van der Waals surface area contributed by atoms with Crippen molar-refractivity contribution in [3.63, 3.8) is 0 Å². The first-order valence-electron chi connectivity index (χ1n) is 9.87. The van der Waals surface area contributed by atoms with Gasteiger partial charge in [-0.1, -0.05) is 26.0 Å². The third kappa shape index (κ3) is 5.63. The molecule has 1 saturated heterocycles. The molecule has 1 heterocycles. The lowest BCUT2D eigenvalue weighted by Gasteiger charge is -2.29. The number of amides is 2. The highest BCUT2D eigenvalue weighted by Gasteiger charge is 2.39. The standard InChI is InChI=1S/C20H29N3O5S/c1-3-15-7-9-16(10-8-15)29(27,28)23(17-5-4-12-22-13-18(17)24)19(25)11-6-14(2)20(21)26/h7-10,14,17,22H,3-6,11-13H2,1-2H3,(H2,21,26)/t14?,17-/m0/s1. The summed E-state index contributed by atoms with van der Waals surface area (Å²) in [5.41, 5.74) is 6.21. The van der Waals surface area contributed by atoms with E-state index in [1.165, 1.54) is 12.1 Å². The summed E-state index contributed by atoms with van der Waals surface area (Å²) in [6.07, 6.45) is 1.51. The maximum Gasteiger partial charge on any atom is 0.267 e. The molecule has 2 amide bonds. The number of Topliss-reactive ketones (excluding diaryl/α,β-unsaturated/α-hetero) is 1. The fourth-order valence-corrected chi connectivity index (χ4v) is 4.86. The zero-order valence-corrected chi connectivity index (χ0v) is 17.7. The Morgan fingerprint density at radius 2 is 1.93 bits per heavy atom. The van der Waals surface area contributed by atoms with Crippen molar-refractivity contribution in [3.8, 4) is 0 Å². The molecule has 1 aromatic carbocycles. The van der Waals surface area contributed by atoms with Crippen molar-refractivity contribution in [2.75, 3.05) is 13.1 Å². The molecule has 1 aliphatic heterocycles. The Hall–Kier alpha value is -2.26. The number of sulfonamides is 1. The first-order valence-corrected chi connectivity index (χ1v) is 11.3. The molecule has 0 radical (unpaired) electrons. The van der Waals surface area contributed by atoms with Gasteiger partial charge in [0.1, 0.15) is 6.04 Å². The summed E-state index contributed by atoms with van der Waals surface area (Å²) < 4.78 is 27.4. The molecule has 0 aromatic heterocycles. The van der Waals surface area contributed by atoms with E-state index in [4.69, 9.17) is 5.73 Å². The van der Waals surface area contributed by atoms with Crippen LogP contribution in [0.5, 0.6) is 0 Å². The summed E-state index contributed by atoms with van der Waals surface area (Å²) in [4.78, 5) is 36.8. The van der Waals surface area contributed by atoms with Gasteiger partial charge in [0, 0.05) is 12.3 Å². The van der Waals surface area contributed by atoms with Crippen molar-refractivity contribution in [3.05, 3.63) is 29.8 Å². The molecule has 2 atom stereocenters. The highest BCUT2D eigenvalue weighted by molar-refractivity contribution is 7.89. The first-order chi connectivity index (χ1) is 13.7. The van der Waals surface area contributed by atoms with Gasteiger partial charge in [-0.15, -0.1) is 0 Å². The van der Waals surface area contributed by atoms with Crippen LogP contribution in [-0.2, 0) is 30.8 Å². The number of rotatable bonds is 8. The summed E-state index contributed by atoms with van der Waals surface area (Å²) in [6, 6.07) is 5.25. The number of primary amides is 1. The molecule has 3 N–H and O–H groups in total. The number of carbonyl (C=O) groups excluding carboxylic acids is 3. The van der Waals surface area contributed by atoms with Gasteiger partial charge in [0.2, 0.25) is 11.8 Å². The molecular weight excluding hydrogens is 394 g/mol. The van der Waals surface area contributed by atoms with Crippen LogP contribution in [0.15, 0.2) is 29.2 Å². The van der Waals surface area contributed by atoms with Crippen LogP contribution in [0.2, 0.25) is 0 Å². The largest absolute Gasteiger partial charge is 0.369 e. The lowest BCUT2D eigenvalue weighted by Crippen LogP contribution is -2.49. The average Bonchev–Trinajstić information content (AvgIpc) is 2.90. The third-order valence-electron chi connectivity index (χ3n) is 5.20. The topological polar surface area (TPSA) is 127 Å². The zero-order chi connectivity index (χ0) is 21.6. The summed E-state index contributed by atoms with van der Waals surface area (Å²) in [6.45, 7) is 4.12. The summed E-state index contributed by atoms with van der Waals surface area (Å²) in [7, 11) is -4.22. The number of carbonyl (C=O) groups is 3. The van der Waals surface area contributed by atoms with E-state index >= 15 is 0 Å². The second-order valence-electron chi connectivity index (χ2n) is 7.34. The van der Waals surface area contributed by atoms with E-state index in [0.29, 0.717) is 13.0 Å². The molecule has 1 aliphatic rings. The molecule has 2 rings (SSSR count). The normalized spacial score (nSPS) is 18.7. The molecule has 0 spiro atoms. The van der Waals surface area contributed by atoms with Crippen LogP contribution in [0.3, 0.4) is 0 Å². The Morgan fingerprint density at radius 3 is 2.52 bits per heavy atom. The van der Waals surface area contributed by atoms with E-state index in [0.717, 1.165) is 16.3 Å². The maximum atomic E-state index is 13.3. The number of nitrogens with two attached hydrogens (primary N) is 1. The molecule has 0 saturated carbocycles. The van der Waals surface area contributed by atoms with Crippen LogP contribution in [0, 0.1) is 5.92 Å². The lowest BCUT2D eigenvalue weighted by molar-refractivity contribution is -0.134. The summed E-state index contributed by atoms with van der Waals surface area (Å²) >= 11 is 0. The highest BCUT2D eigenvalue weighted by Crippen LogP contribution is 2.24. The van der Waals surface area contributed by atoms with Crippen LogP contribution in [-0.4, -0.2) is 49.5 Å². The molecule has 1 aromatic rings. The van der Waals surface area contributed by atoms with E-state index < -0.39 is 33.8 Å². The van der Waals surface area contributed by atoms with Crippen molar-refractivity contribution in [1.29, 1.82) is 0 Å². The minimum Gasteiger partial charge on any atom is -0.369 e. The predicted octanol–water partition coefficient (Wildman–Crippen LogP) is 0.989. The van der Waals surface area contributed by atoms with Gasteiger partial charge in [-0.05, 0) is 49.9 Å². The van der Waals surface area contributed by atoms with Gasteiger partial charge in [0.15, 0.2) is 5.78 Å². The van der Waals surface area contributed by atoms with E-state index in [9.17, 15) is 22.8 Å². The van der Waals surface area contributed by atoms with Gasteiger partial charge >= 0.3 is 0 Å². The Bertz CT molecular complexity index is 851. The predicted molar refractivity (Wildman–Crippen MR) is 108 cm³/mol. The minimum absolute atomic E-state index is 0.0103. The summed E-state index contributed by atoms with van der Waals surface area (Å²) in [5, 5.41) is 2.95. The summed E-state index contributed by atoms with van der Waals surface area (Å²) in [5.74, 6) is -2.17. The van der Waals surface area contributed by atoms with E-state index in [2.05, 4.69) is 5.32 Å². The van der Waals surface area contributed by atoms with Gasteiger partial charge in [-0.2, -0.15) is 0 Å². The Kier molecular flexibility index (Phi) is 7.92. The number of ketones is 1. The van der Waals surface area contributed by atoms with Crippen LogP contribution >= 0.6 is 0 Å². The molecule has 1 unspecified atom stereocenters. The molecule has 29 heavy (non-hydrogen) atoms. The fraction of sp³-hybridized carbons (Fsp3) is 0.550. The number of hydrogen-bond donors (Lipinski definition) is 2. The zero-order valence-electron chi connectivity index (χ0n) is 16.9. The maximum absolute atomic E-state index is 13.3. The molecule has 9 heteroatoms. The van der Waals surface area contributed by atoms with Crippen molar-refractivity contribution >= 4 is 27.6 Å². The van der Waals surface area contributed by atoms with Crippen molar-refractivity contribution in [2.45, 2.75) is 56.9 Å². The molecule has 0 bridgehead atoms. The Balaban J connectivity index is 2.40. The molecule has 0 aliphatic carbocycles. The number of benzene rings is 1. The van der Waals surface area contributed by atoms with Crippen LogP contribution in [0.4, 0.5) is 0 Å². The smallest absolute Gasteiger partial charge is 0.267 e. The van der Waals surface area contributed by atoms with Crippen LogP contribution in [0.1, 0.15) is 45.1 Å². The fourth-order valence-electron chi connectivity index (χ4n) is 3.24. The monoisotopic (exact) mass is 423 g/mol. The van der Waals surface area contributed by atoms with E-state index in [-0.39, 0.29) is 36.5 Å². The molecule has 1 fully saturated rings. The molecule has 8 nitrogen and oxygen atoms in total. The molecular formula is C20H29N3O5S. The number of hydrogen-bond acceptors (Lipinski definition) is 6. The average molecular weight is 424 g/mol. The molecule has 160 valence electrons. The van der Waals surface area contributed by atoms with Crippen LogP contribution in [0.25, 0.3) is 0 Å². The number of nitrogens with one attached hydrogen (secondary N) is 1. The van der Waals surface area contributed by atoms with Crippen molar-refractivity contribution < 1.29 is 22.8 Å². The Labute approximate surface area is 171 Å². The second kappa shape index (κ2) is 9.98. The van der Waals surface area contributed by atoms with Gasteiger partial charge in [-0.3, -0.25) is 14.4 Å². The van der Waals surface area contributed by atoms with Gasteiger partial charge < -0.3 is 11.1 Å². The quantitative estimate of drug-likeness (QED) is 0.642. The van der Waals surface area contributed by atoms with Crippen molar-refractivity contribution in [2.24, 2.45) is 11.7 Å². The highest BCUT2D eigenvalue weighted by atomic mass is 32.2. The van der Waals surface area contributed by atoms with Crippen LogP contribution < -0.4 is 11.1 Å².